The van der Waals surface area contributed by atoms with Crippen molar-refractivity contribution in [1.29, 1.82) is 0 Å². The van der Waals surface area contributed by atoms with Crippen molar-refractivity contribution in [1.82, 2.24) is 19.1 Å². The average Bonchev–Trinajstić information content (AvgIpc) is 3.65. The third-order valence-electron chi connectivity index (χ3n) is 7.59. The van der Waals surface area contributed by atoms with Gasteiger partial charge in [-0.3, -0.25) is 0 Å². The number of carbonyl (C=O) groups excluding carboxylic acids is 1. The predicted octanol–water partition coefficient (Wildman–Crippen LogP) is 7.78. The molecule has 7 rings (SSSR count). The van der Waals surface area contributed by atoms with Gasteiger partial charge in [0.15, 0.2) is 0 Å². The first kappa shape index (κ1) is 29.7. The van der Waals surface area contributed by atoms with Crippen LogP contribution in [0.3, 0.4) is 0 Å². The van der Waals surface area contributed by atoms with Crippen LogP contribution in [0.15, 0.2) is 128 Å². The zero-order valence-corrected chi connectivity index (χ0v) is 25.6. The van der Waals surface area contributed by atoms with E-state index >= 15 is 0 Å². The van der Waals surface area contributed by atoms with Crippen molar-refractivity contribution >= 4 is 45.3 Å². The summed E-state index contributed by atoms with van der Waals surface area (Å²) in [4.78, 5) is 21.0. The molecule has 0 fully saturated rings. The molecule has 0 aliphatic rings. The quantitative estimate of drug-likeness (QED) is 0.146. The first-order chi connectivity index (χ1) is 22.0. The lowest BCUT2D eigenvalue weighted by atomic mass is 9.99. The Kier molecular flexibility index (Phi) is 8.89. The minimum atomic E-state index is -0.384. The number of rotatable bonds is 7. The van der Waals surface area contributed by atoms with E-state index in [-0.39, 0.29) is 5.97 Å². The van der Waals surface area contributed by atoms with Gasteiger partial charge in [-0.25, -0.2) is 14.8 Å². The van der Waals surface area contributed by atoms with Crippen LogP contribution in [0.2, 0.25) is 5.02 Å². The lowest BCUT2D eigenvalue weighted by Gasteiger charge is -2.09. The number of fused-ring (bicyclic) bond motifs is 2. The Balaban J connectivity index is 0.000000179. The molecule has 0 bridgehead atoms. The first-order valence-electron chi connectivity index (χ1n) is 14.6. The standard InChI is InChI=1S/C23H19ClN2O2.C14H13N3/c1-28-23(27)20-13-19(24)9-8-18(20)11-17-7-10-22-21(12-17)25-15-26(22)14-16-5-3-2-4-6-16;15-12-6-7-14-13(8-12)16-10-17(14)9-11-4-2-1-3-5-11/h2-10,12-13,15H,11,14H2,1H3;1-8,10H,9,15H2. The van der Waals surface area contributed by atoms with Crippen LogP contribution in [0, 0.1) is 0 Å². The summed E-state index contributed by atoms with van der Waals surface area (Å²) >= 11 is 6.05. The van der Waals surface area contributed by atoms with Gasteiger partial charge >= 0.3 is 5.97 Å². The summed E-state index contributed by atoms with van der Waals surface area (Å²) in [6.45, 7) is 1.61. The zero-order chi connectivity index (χ0) is 31.2. The van der Waals surface area contributed by atoms with Crippen molar-refractivity contribution in [2.75, 3.05) is 12.8 Å². The molecule has 0 aliphatic heterocycles. The normalized spacial score (nSPS) is 10.9. The minimum Gasteiger partial charge on any atom is -0.465 e. The molecule has 0 amide bonds. The summed E-state index contributed by atoms with van der Waals surface area (Å²) in [6, 6.07) is 38.0. The molecule has 2 heterocycles. The van der Waals surface area contributed by atoms with Gasteiger partial charge in [-0.2, -0.15) is 0 Å². The fourth-order valence-corrected chi connectivity index (χ4v) is 5.51. The summed E-state index contributed by atoms with van der Waals surface area (Å²) in [6.07, 6.45) is 4.32. The number of anilines is 1. The van der Waals surface area contributed by atoms with Gasteiger partial charge in [0.1, 0.15) is 0 Å². The second-order valence-electron chi connectivity index (χ2n) is 10.8. The Morgan fingerprint density at radius 3 is 1.89 bits per heavy atom. The highest BCUT2D eigenvalue weighted by molar-refractivity contribution is 6.31. The number of ether oxygens (including phenoxy) is 1. The van der Waals surface area contributed by atoms with Crippen LogP contribution in [0.25, 0.3) is 22.1 Å². The van der Waals surface area contributed by atoms with E-state index in [2.05, 4.69) is 61.6 Å². The van der Waals surface area contributed by atoms with Gasteiger partial charge in [-0.1, -0.05) is 84.4 Å². The predicted molar refractivity (Wildman–Crippen MR) is 181 cm³/mol. The fourth-order valence-electron chi connectivity index (χ4n) is 5.34. The summed E-state index contributed by atoms with van der Waals surface area (Å²) in [5, 5.41) is 0.513. The molecule has 0 spiro atoms. The summed E-state index contributed by atoms with van der Waals surface area (Å²) in [7, 11) is 1.37. The SMILES string of the molecule is COC(=O)c1cc(Cl)ccc1Cc1ccc2c(c1)ncn2Cc1ccccc1.Nc1ccc2c(c1)ncn2Cc1ccccc1. The molecule has 2 N–H and O–H groups in total. The highest BCUT2D eigenvalue weighted by Gasteiger charge is 2.14. The van der Waals surface area contributed by atoms with Gasteiger partial charge in [0.05, 0.1) is 47.4 Å². The van der Waals surface area contributed by atoms with Crippen LogP contribution < -0.4 is 5.73 Å². The number of aromatic nitrogens is 4. The molecular weight excluding hydrogens is 582 g/mol. The molecule has 7 nitrogen and oxygen atoms in total. The van der Waals surface area contributed by atoms with E-state index in [9.17, 15) is 4.79 Å². The molecule has 5 aromatic carbocycles. The van der Waals surface area contributed by atoms with Crippen LogP contribution in [0.5, 0.6) is 0 Å². The number of carbonyl (C=O) groups is 1. The number of esters is 1. The number of halogens is 1. The van der Waals surface area contributed by atoms with Crippen LogP contribution >= 0.6 is 11.6 Å². The molecule has 0 unspecified atom stereocenters. The maximum absolute atomic E-state index is 12.1. The van der Waals surface area contributed by atoms with Crippen molar-refractivity contribution < 1.29 is 9.53 Å². The van der Waals surface area contributed by atoms with Crippen LogP contribution in [0.1, 0.15) is 32.6 Å². The van der Waals surface area contributed by atoms with Crippen molar-refractivity contribution in [2.24, 2.45) is 0 Å². The molecule has 0 atom stereocenters. The number of methoxy groups -OCH3 is 1. The molecule has 0 saturated carbocycles. The maximum atomic E-state index is 12.1. The van der Waals surface area contributed by atoms with Crippen molar-refractivity contribution in [3.05, 3.63) is 161 Å². The zero-order valence-electron chi connectivity index (χ0n) is 24.8. The molecule has 0 saturated heterocycles. The van der Waals surface area contributed by atoms with Gasteiger partial charge in [0, 0.05) is 23.8 Å². The van der Waals surface area contributed by atoms with Crippen LogP contribution in [-0.2, 0) is 24.2 Å². The first-order valence-corrected chi connectivity index (χ1v) is 14.9. The average molecular weight is 614 g/mol. The van der Waals surface area contributed by atoms with Crippen molar-refractivity contribution in [3.63, 3.8) is 0 Å². The number of benzene rings is 5. The summed E-state index contributed by atoms with van der Waals surface area (Å²) < 4.78 is 9.15. The molecule has 45 heavy (non-hydrogen) atoms. The molecule has 0 aliphatic carbocycles. The molecule has 2 aromatic heterocycles. The third kappa shape index (κ3) is 7.06. The highest BCUT2D eigenvalue weighted by Crippen LogP contribution is 2.23. The molecular formula is C37H32ClN5O2. The minimum absolute atomic E-state index is 0.384. The topological polar surface area (TPSA) is 88.0 Å². The van der Waals surface area contributed by atoms with Gasteiger partial charge in [-0.15, -0.1) is 0 Å². The molecule has 8 heteroatoms. The van der Waals surface area contributed by atoms with Crippen molar-refractivity contribution in [2.45, 2.75) is 19.5 Å². The molecule has 224 valence electrons. The Labute approximate surface area is 266 Å². The summed E-state index contributed by atoms with van der Waals surface area (Å²) in [5.74, 6) is -0.384. The largest absolute Gasteiger partial charge is 0.465 e. The monoisotopic (exact) mass is 613 g/mol. The van der Waals surface area contributed by atoms with Crippen LogP contribution in [0.4, 0.5) is 5.69 Å². The van der Waals surface area contributed by atoms with Gasteiger partial charge in [0.25, 0.3) is 0 Å². The number of imidazole rings is 2. The fraction of sp³-hybridized carbons (Fsp3) is 0.108. The van der Waals surface area contributed by atoms with E-state index in [4.69, 9.17) is 22.1 Å². The number of nitrogens with two attached hydrogens (primary N) is 1. The number of nitrogens with zero attached hydrogens (tertiary/aromatic N) is 4. The Morgan fingerprint density at radius 2 is 1.29 bits per heavy atom. The molecule has 0 radical (unpaired) electrons. The number of hydrogen-bond acceptors (Lipinski definition) is 5. The van der Waals surface area contributed by atoms with E-state index < -0.39 is 0 Å². The van der Waals surface area contributed by atoms with E-state index in [1.165, 1.54) is 18.2 Å². The Bertz CT molecular complexity index is 2070. The maximum Gasteiger partial charge on any atom is 0.338 e. The van der Waals surface area contributed by atoms with E-state index in [0.29, 0.717) is 17.0 Å². The van der Waals surface area contributed by atoms with Gasteiger partial charge in [0.2, 0.25) is 0 Å². The van der Waals surface area contributed by atoms with Crippen molar-refractivity contribution in [3.8, 4) is 0 Å². The van der Waals surface area contributed by atoms with Crippen LogP contribution in [-0.4, -0.2) is 32.2 Å². The number of nitrogen functional groups attached to an aromatic ring is 1. The van der Waals surface area contributed by atoms with E-state index in [1.54, 1.807) is 12.1 Å². The molecule has 7 aromatic rings. The Hall–Kier alpha value is -5.40. The Morgan fingerprint density at radius 1 is 0.711 bits per heavy atom. The van der Waals surface area contributed by atoms with Gasteiger partial charge in [-0.05, 0) is 71.1 Å². The second kappa shape index (κ2) is 13.5. The highest BCUT2D eigenvalue weighted by atomic mass is 35.5. The third-order valence-corrected chi connectivity index (χ3v) is 7.83. The van der Waals surface area contributed by atoms with E-state index in [1.807, 2.05) is 73.3 Å². The summed E-state index contributed by atoms with van der Waals surface area (Å²) in [5.41, 5.74) is 15.5. The smallest absolute Gasteiger partial charge is 0.338 e. The van der Waals surface area contributed by atoms with E-state index in [0.717, 1.165) is 52.0 Å². The number of hydrogen-bond donors (Lipinski definition) is 1. The lowest BCUT2D eigenvalue weighted by Crippen LogP contribution is -2.06. The second-order valence-corrected chi connectivity index (χ2v) is 11.2. The van der Waals surface area contributed by atoms with Gasteiger partial charge < -0.3 is 19.6 Å². The lowest BCUT2D eigenvalue weighted by molar-refractivity contribution is 0.0599.